The first kappa shape index (κ1) is 15.7. The van der Waals surface area contributed by atoms with Gasteiger partial charge in [0.2, 0.25) is 0 Å². The second-order valence-electron chi connectivity index (χ2n) is 6.67. The zero-order valence-electron chi connectivity index (χ0n) is 13.9. The van der Waals surface area contributed by atoms with Crippen molar-refractivity contribution in [3.05, 3.63) is 64.0 Å². The summed E-state index contributed by atoms with van der Waals surface area (Å²) in [4.78, 5) is 4.68. The first-order valence-electron chi connectivity index (χ1n) is 7.74. The molecule has 0 N–H and O–H groups in total. The summed E-state index contributed by atoms with van der Waals surface area (Å²) in [5.41, 5.74) is 6.89. The predicted octanol–water partition coefficient (Wildman–Crippen LogP) is 6.12. The van der Waals surface area contributed by atoms with E-state index in [9.17, 15) is 0 Å². The predicted molar refractivity (Wildman–Crippen MR) is 102 cm³/mol. The van der Waals surface area contributed by atoms with Crippen LogP contribution in [0.2, 0.25) is 13.1 Å². The molecule has 3 rings (SSSR count). The summed E-state index contributed by atoms with van der Waals surface area (Å²) in [7, 11) is 0. The Bertz CT molecular complexity index is 806. The largest absolute Gasteiger partial charge is 0.256 e. The summed E-state index contributed by atoms with van der Waals surface area (Å²) < 4.78 is 0. The molecule has 0 saturated carbocycles. The van der Waals surface area contributed by atoms with Crippen LogP contribution in [-0.2, 0) is 0 Å². The monoisotopic (exact) mass is 371 g/mol. The number of hydrogen-bond donors (Lipinski definition) is 0. The molecule has 0 saturated heterocycles. The average Bonchev–Trinajstić information content (AvgIpc) is 2.70. The molecule has 0 aliphatic heterocycles. The number of hydrogen-bond acceptors (Lipinski definition) is 1. The first-order chi connectivity index (χ1) is 10.3. The van der Waals surface area contributed by atoms with Crippen molar-refractivity contribution in [3.63, 3.8) is 0 Å². The maximum Gasteiger partial charge on any atom is 0.151 e. The minimum atomic E-state index is -1.58. The van der Waals surface area contributed by atoms with Crippen LogP contribution < -0.4 is 0 Å². The minimum Gasteiger partial charge on any atom is -0.256 e. The Morgan fingerprint density at radius 3 is 2.36 bits per heavy atom. The van der Waals surface area contributed by atoms with Crippen molar-refractivity contribution in [2.75, 3.05) is 0 Å². The number of allylic oxidation sites excluding steroid dienone is 4. The smallest absolute Gasteiger partial charge is 0.151 e. The Kier molecular flexibility index (Phi) is 3.90. The molecule has 0 amide bonds. The van der Waals surface area contributed by atoms with Crippen LogP contribution in [0.5, 0.6) is 0 Å². The maximum atomic E-state index is 4.68. The van der Waals surface area contributed by atoms with Gasteiger partial charge in [0.25, 0.3) is 0 Å². The van der Waals surface area contributed by atoms with Crippen LogP contribution in [0, 0.1) is 0 Å². The topological polar surface area (TPSA) is 12.9 Å². The van der Waals surface area contributed by atoms with E-state index < -0.39 is 6.69 Å². The Hall–Kier alpha value is -1.19. The first-order valence-corrected chi connectivity index (χ1v) is 13.0. The number of para-hydroxylation sites is 1. The van der Waals surface area contributed by atoms with Gasteiger partial charge in [-0.3, -0.25) is 4.98 Å². The van der Waals surface area contributed by atoms with E-state index in [1.807, 2.05) is 12.3 Å². The molecule has 1 aromatic heterocycles. The molecule has 0 spiro atoms. The lowest BCUT2D eigenvalue weighted by molar-refractivity contribution is 0.984. The standard InChI is InChI=1S/C19H22BrNSi/c1-12-13(2)17(19(14(12)3)22(4,5)20)16-10-6-8-15-9-7-11-21-18(15)16/h6-11,17H,1-5H3. The number of nitrogens with zero attached hydrogens (tertiary/aromatic N) is 1. The van der Waals surface area contributed by atoms with E-state index in [-0.39, 0.29) is 0 Å². The highest BCUT2D eigenvalue weighted by molar-refractivity contribution is 9.26. The van der Waals surface area contributed by atoms with Gasteiger partial charge in [0.05, 0.1) is 5.52 Å². The van der Waals surface area contributed by atoms with Crippen molar-refractivity contribution in [1.29, 1.82) is 0 Å². The number of fused-ring (bicyclic) bond motifs is 1. The SMILES string of the molecule is CC1=C(C)C(c2cccc3cccnc23)C([Si](C)(C)Br)=C1C. The fourth-order valence-electron chi connectivity index (χ4n) is 3.69. The second kappa shape index (κ2) is 5.46. The summed E-state index contributed by atoms with van der Waals surface area (Å²) in [5.74, 6) is 0.375. The van der Waals surface area contributed by atoms with Crippen molar-refractivity contribution in [3.8, 4) is 0 Å². The number of rotatable bonds is 2. The minimum absolute atomic E-state index is 0.375. The Labute approximate surface area is 141 Å². The third-order valence-electron chi connectivity index (χ3n) is 4.90. The Balaban J connectivity index is 2.29. The van der Waals surface area contributed by atoms with Crippen molar-refractivity contribution < 1.29 is 0 Å². The zero-order valence-corrected chi connectivity index (χ0v) is 16.5. The summed E-state index contributed by atoms with van der Waals surface area (Å²) in [6.45, 7) is 10.00. The van der Waals surface area contributed by atoms with Gasteiger partial charge >= 0.3 is 0 Å². The van der Waals surface area contributed by atoms with Crippen molar-refractivity contribution in [2.45, 2.75) is 39.8 Å². The molecule has 0 bridgehead atoms. The van der Waals surface area contributed by atoms with E-state index in [0.717, 1.165) is 5.52 Å². The molecule has 114 valence electrons. The maximum absolute atomic E-state index is 4.68. The van der Waals surface area contributed by atoms with Gasteiger partial charge < -0.3 is 0 Å². The van der Waals surface area contributed by atoms with Crippen molar-refractivity contribution in [2.24, 2.45) is 0 Å². The van der Waals surface area contributed by atoms with Crippen LogP contribution in [0.3, 0.4) is 0 Å². The molecule has 1 unspecified atom stereocenters. The van der Waals surface area contributed by atoms with Gasteiger partial charge in [0, 0.05) is 17.5 Å². The molecule has 2 aromatic rings. The molecule has 22 heavy (non-hydrogen) atoms. The number of pyridine rings is 1. The fraction of sp³-hybridized carbons (Fsp3) is 0.316. The van der Waals surface area contributed by atoms with Gasteiger partial charge in [-0.05, 0) is 38.0 Å². The molecule has 3 heteroatoms. The molecular weight excluding hydrogens is 350 g/mol. The van der Waals surface area contributed by atoms with Crippen LogP contribution in [-0.4, -0.2) is 11.7 Å². The Morgan fingerprint density at radius 2 is 1.68 bits per heavy atom. The normalized spacial score (nSPS) is 19.5. The van der Waals surface area contributed by atoms with Crippen molar-refractivity contribution >= 4 is 32.9 Å². The third-order valence-corrected chi connectivity index (χ3v) is 8.12. The van der Waals surface area contributed by atoms with E-state index >= 15 is 0 Å². The van der Waals surface area contributed by atoms with E-state index in [1.165, 1.54) is 27.7 Å². The van der Waals surface area contributed by atoms with E-state index in [0.29, 0.717) is 5.92 Å². The number of aromatic nitrogens is 1. The lowest BCUT2D eigenvalue weighted by Crippen LogP contribution is -2.25. The van der Waals surface area contributed by atoms with E-state index in [2.05, 4.69) is 78.4 Å². The van der Waals surface area contributed by atoms with E-state index in [1.54, 1.807) is 5.20 Å². The summed E-state index contributed by atoms with van der Waals surface area (Å²) >= 11 is 4.04. The summed E-state index contributed by atoms with van der Waals surface area (Å²) in [6, 6.07) is 10.7. The molecule has 1 aliphatic carbocycles. The van der Waals surface area contributed by atoms with Gasteiger partial charge in [-0.15, -0.1) is 15.3 Å². The second-order valence-corrected chi connectivity index (χ2v) is 16.1. The highest BCUT2D eigenvalue weighted by Gasteiger charge is 2.38. The van der Waals surface area contributed by atoms with Crippen molar-refractivity contribution in [1.82, 2.24) is 4.98 Å². The lowest BCUT2D eigenvalue weighted by atomic mass is 9.91. The molecule has 0 fully saturated rings. The van der Waals surface area contributed by atoms with Gasteiger partial charge in [0.1, 0.15) is 0 Å². The van der Waals surface area contributed by atoms with Gasteiger partial charge in [0.15, 0.2) is 6.69 Å². The Morgan fingerprint density at radius 1 is 1.00 bits per heavy atom. The van der Waals surface area contributed by atoms with Crippen LogP contribution >= 0.6 is 15.3 Å². The molecule has 1 nitrogen and oxygen atoms in total. The third kappa shape index (κ3) is 2.40. The molecule has 0 radical (unpaired) electrons. The number of benzene rings is 1. The molecule has 1 aromatic carbocycles. The molecule has 1 aliphatic rings. The van der Waals surface area contributed by atoms with Gasteiger partial charge in [-0.25, -0.2) is 0 Å². The quantitative estimate of drug-likeness (QED) is 0.457. The highest BCUT2D eigenvalue weighted by Crippen LogP contribution is 2.49. The van der Waals surface area contributed by atoms with Crippen LogP contribution in [0.1, 0.15) is 32.3 Å². The van der Waals surface area contributed by atoms with Crippen LogP contribution in [0.4, 0.5) is 0 Å². The summed E-state index contributed by atoms with van der Waals surface area (Å²) in [6.07, 6.45) is 1.90. The zero-order chi connectivity index (χ0) is 16.1. The lowest BCUT2D eigenvalue weighted by Gasteiger charge is -2.27. The fourth-order valence-corrected chi connectivity index (χ4v) is 7.40. The molecule has 1 atom stereocenters. The summed E-state index contributed by atoms with van der Waals surface area (Å²) in [5, 5.41) is 2.82. The average molecular weight is 372 g/mol. The molecule has 1 heterocycles. The van der Waals surface area contributed by atoms with Gasteiger partial charge in [-0.2, -0.15) is 0 Å². The van der Waals surface area contributed by atoms with Gasteiger partial charge in [-0.1, -0.05) is 53.7 Å². The van der Waals surface area contributed by atoms with Crippen LogP contribution in [0.25, 0.3) is 10.9 Å². The van der Waals surface area contributed by atoms with E-state index in [4.69, 9.17) is 0 Å². The van der Waals surface area contributed by atoms with Crippen LogP contribution in [0.15, 0.2) is 58.4 Å². The molecular formula is C19H22BrNSi. The number of halogens is 1. The highest BCUT2D eigenvalue weighted by atomic mass is 79.9.